The molecule has 3 nitrogen and oxygen atoms in total. The van der Waals surface area contributed by atoms with Crippen LogP contribution in [0.25, 0.3) is 0 Å². The van der Waals surface area contributed by atoms with E-state index in [2.05, 4.69) is 4.98 Å². The molecule has 1 heterocycles. The van der Waals surface area contributed by atoms with Crippen LogP contribution in [-0.4, -0.2) is 17.6 Å². The van der Waals surface area contributed by atoms with Crippen molar-refractivity contribution in [1.82, 2.24) is 4.98 Å². The Morgan fingerprint density at radius 3 is 2.71 bits per heavy atom. The first kappa shape index (κ1) is 14.1. The van der Waals surface area contributed by atoms with Crippen molar-refractivity contribution < 1.29 is 18.3 Å². The fourth-order valence-corrected chi connectivity index (χ4v) is 1.68. The first-order valence-electron chi connectivity index (χ1n) is 4.74. The van der Waals surface area contributed by atoms with Crippen LogP contribution in [0.3, 0.4) is 0 Å². The van der Waals surface area contributed by atoms with E-state index in [0.717, 1.165) is 0 Å². The van der Waals surface area contributed by atoms with E-state index in [0.29, 0.717) is 0 Å². The summed E-state index contributed by atoms with van der Waals surface area (Å²) in [6.07, 6.45) is -3.06. The van der Waals surface area contributed by atoms with Gasteiger partial charge in [-0.25, -0.2) is 13.8 Å². The molecular weight excluding hydrogens is 275 g/mol. The topological polar surface area (TPSA) is 39.2 Å². The number of esters is 1. The Kier molecular flexibility index (Phi) is 5.08. The van der Waals surface area contributed by atoms with Crippen molar-refractivity contribution in [3.05, 3.63) is 27.5 Å². The van der Waals surface area contributed by atoms with Crippen molar-refractivity contribution in [3.8, 4) is 0 Å². The highest BCUT2D eigenvalue weighted by Crippen LogP contribution is 2.30. The summed E-state index contributed by atoms with van der Waals surface area (Å²) in [5.74, 6) is -0.558. The van der Waals surface area contributed by atoms with Gasteiger partial charge in [0, 0.05) is 0 Å². The first-order valence-corrected chi connectivity index (χ1v) is 5.49. The van der Waals surface area contributed by atoms with E-state index in [9.17, 15) is 13.6 Å². The van der Waals surface area contributed by atoms with Crippen LogP contribution >= 0.6 is 23.2 Å². The molecule has 0 atom stereocenters. The van der Waals surface area contributed by atoms with E-state index >= 15 is 0 Å². The quantitative estimate of drug-likeness (QED) is 0.628. The molecule has 1 aromatic rings. The molecule has 0 radical (unpaired) electrons. The molecule has 0 saturated carbocycles. The molecule has 0 saturated heterocycles. The molecule has 0 spiro atoms. The summed E-state index contributed by atoms with van der Waals surface area (Å²) in [4.78, 5) is 14.6. The van der Waals surface area contributed by atoms with Gasteiger partial charge >= 0.3 is 5.97 Å². The van der Waals surface area contributed by atoms with Gasteiger partial charge < -0.3 is 4.74 Å². The monoisotopic (exact) mass is 283 g/mol. The van der Waals surface area contributed by atoms with Crippen LogP contribution in [-0.2, 0) is 16.0 Å². The predicted molar refractivity (Wildman–Crippen MR) is 59.6 cm³/mol. The summed E-state index contributed by atoms with van der Waals surface area (Å²) in [7, 11) is 0. The second kappa shape index (κ2) is 6.12. The van der Waals surface area contributed by atoms with Gasteiger partial charge in [-0.3, -0.25) is 4.79 Å². The lowest BCUT2D eigenvalue weighted by molar-refractivity contribution is -0.142. The molecule has 0 aliphatic heterocycles. The number of carbonyl (C=O) groups excluding carboxylic acids is 1. The Labute approximate surface area is 107 Å². The number of aromatic nitrogens is 1. The lowest BCUT2D eigenvalue weighted by Gasteiger charge is -2.08. The average Bonchev–Trinajstić information content (AvgIpc) is 2.22. The molecular formula is C10H9Cl2F2NO2. The highest BCUT2D eigenvalue weighted by atomic mass is 35.5. The van der Waals surface area contributed by atoms with Crippen LogP contribution in [0.5, 0.6) is 0 Å². The van der Waals surface area contributed by atoms with E-state index < -0.39 is 18.1 Å². The fourth-order valence-electron chi connectivity index (χ4n) is 1.21. The Balaban J connectivity index is 3.03. The second-order valence-electron chi connectivity index (χ2n) is 3.09. The SMILES string of the molecule is CCOC(=O)Cc1cc(Cl)nc(C(F)F)c1Cl. The lowest BCUT2D eigenvalue weighted by Crippen LogP contribution is -2.09. The van der Waals surface area contributed by atoms with Crippen LogP contribution in [0.15, 0.2) is 6.07 Å². The van der Waals surface area contributed by atoms with Crippen molar-refractivity contribution in [1.29, 1.82) is 0 Å². The van der Waals surface area contributed by atoms with Crippen LogP contribution in [0.1, 0.15) is 24.6 Å². The van der Waals surface area contributed by atoms with Gasteiger partial charge in [0.05, 0.1) is 18.1 Å². The molecule has 7 heteroatoms. The molecule has 0 aliphatic carbocycles. The maximum absolute atomic E-state index is 12.6. The number of hydrogen-bond acceptors (Lipinski definition) is 3. The number of nitrogens with zero attached hydrogens (tertiary/aromatic N) is 1. The molecule has 0 aliphatic rings. The highest BCUT2D eigenvalue weighted by molar-refractivity contribution is 6.33. The van der Waals surface area contributed by atoms with Gasteiger partial charge in [0.2, 0.25) is 0 Å². The Hall–Kier alpha value is -0.940. The van der Waals surface area contributed by atoms with Crippen molar-refractivity contribution in [2.24, 2.45) is 0 Å². The molecule has 17 heavy (non-hydrogen) atoms. The minimum atomic E-state index is -2.85. The third-order valence-electron chi connectivity index (χ3n) is 1.87. The van der Waals surface area contributed by atoms with Crippen LogP contribution in [0, 0.1) is 0 Å². The van der Waals surface area contributed by atoms with E-state index in [1.807, 2.05) is 0 Å². The van der Waals surface area contributed by atoms with Gasteiger partial charge in [-0.1, -0.05) is 23.2 Å². The van der Waals surface area contributed by atoms with Gasteiger partial charge in [0.25, 0.3) is 6.43 Å². The maximum Gasteiger partial charge on any atom is 0.310 e. The molecule has 0 N–H and O–H groups in total. The van der Waals surface area contributed by atoms with Gasteiger partial charge in [-0.15, -0.1) is 0 Å². The number of carbonyl (C=O) groups is 1. The third kappa shape index (κ3) is 3.78. The fraction of sp³-hybridized carbons (Fsp3) is 0.400. The van der Waals surface area contributed by atoms with Gasteiger partial charge in [0.1, 0.15) is 10.8 Å². The smallest absolute Gasteiger partial charge is 0.310 e. The zero-order chi connectivity index (χ0) is 13.0. The highest BCUT2D eigenvalue weighted by Gasteiger charge is 2.19. The number of hydrogen-bond donors (Lipinski definition) is 0. The maximum atomic E-state index is 12.6. The number of halogens is 4. The van der Waals surface area contributed by atoms with E-state index in [-0.39, 0.29) is 28.8 Å². The molecule has 0 amide bonds. The molecule has 94 valence electrons. The summed E-state index contributed by atoms with van der Waals surface area (Å²) in [5.41, 5.74) is -0.445. The Morgan fingerprint density at radius 2 is 2.18 bits per heavy atom. The summed E-state index contributed by atoms with van der Waals surface area (Å²) in [5, 5.41) is -0.388. The third-order valence-corrected chi connectivity index (χ3v) is 2.50. The summed E-state index contributed by atoms with van der Waals surface area (Å²) in [6, 6.07) is 1.27. The minimum Gasteiger partial charge on any atom is -0.466 e. The van der Waals surface area contributed by atoms with E-state index in [1.165, 1.54) is 6.07 Å². The number of rotatable bonds is 4. The summed E-state index contributed by atoms with van der Waals surface area (Å²) < 4.78 is 29.8. The van der Waals surface area contributed by atoms with Gasteiger partial charge in [-0.05, 0) is 18.6 Å². The number of pyridine rings is 1. The zero-order valence-electron chi connectivity index (χ0n) is 8.84. The molecule has 0 bridgehead atoms. The summed E-state index contributed by atoms with van der Waals surface area (Å²) in [6.45, 7) is 1.85. The molecule has 0 unspecified atom stereocenters. The van der Waals surface area contributed by atoms with Crippen molar-refractivity contribution >= 4 is 29.2 Å². The lowest BCUT2D eigenvalue weighted by atomic mass is 10.1. The van der Waals surface area contributed by atoms with E-state index in [4.69, 9.17) is 27.9 Å². The first-order chi connectivity index (χ1) is 7.95. The predicted octanol–water partition coefficient (Wildman–Crippen LogP) is 3.43. The van der Waals surface area contributed by atoms with Crippen molar-refractivity contribution in [2.75, 3.05) is 6.61 Å². The average molecular weight is 284 g/mol. The second-order valence-corrected chi connectivity index (χ2v) is 3.85. The molecule has 0 fully saturated rings. The van der Waals surface area contributed by atoms with Crippen molar-refractivity contribution in [3.63, 3.8) is 0 Å². The minimum absolute atomic E-state index is 0.135. The molecule has 1 rings (SSSR count). The largest absolute Gasteiger partial charge is 0.466 e. The van der Waals surface area contributed by atoms with Crippen LogP contribution in [0.4, 0.5) is 8.78 Å². The molecule has 0 aromatic carbocycles. The number of ether oxygens (including phenoxy) is 1. The zero-order valence-corrected chi connectivity index (χ0v) is 10.4. The van der Waals surface area contributed by atoms with Crippen LogP contribution < -0.4 is 0 Å². The van der Waals surface area contributed by atoms with E-state index in [1.54, 1.807) is 6.92 Å². The molecule has 1 aromatic heterocycles. The Morgan fingerprint density at radius 1 is 1.53 bits per heavy atom. The van der Waals surface area contributed by atoms with Gasteiger partial charge in [0.15, 0.2) is 0 Å². The van der Waals surface area contributed by atoms with Crippen LogP contribution in [0.2, 0.25) is 10.2 Å². The summed E-state index contributed by atoms with van der Waals surface area (Å²) >= 11 is 11.3. The normalized spacial score (nSPS) is 10.7. The van der Waals surface area contributed by atoms with Crippen molar-refractivity contribution in [2.45, 2.75) is 19.8 Å². The standard InChI is InChI=1S/C10H9Cl2F2NO2/c1-2-17-7(16)4-5-3-6(11)15-9(8(5)12)10(13)14/h3,10H,2,4H2,1H3. The van der Waals surface area contributed by atoms with Gasteiger partial charge in [-0.2, -0.15) is 0 Å². The number of alkyl halides is 2. The Bertz CT molecular complexity index is 427.